The maximum Gasteiger partial charge on any atom is 0.276 e. The summed E-state index contributed by atoms with van der Waals surface area (Å²) < 4.78 is 10.6. The van der Waals surface area contributed by atoms with Gasteiger partial charge in [-0.2, -0.15) is 0 Å². The molecule has 0 spiro atoms. The van der Waals surface area contributed by atoms with Crippen molar-refractivity contribution in [2.45, 2.75) is 84.0 Å². The molecule has 0 aromatic heterocycles. The minimum Gasteiger partial charge on any atom is -0.493 e. The topological polar surface area (TPSA) is 76.7 Å². The predicted molar refractivity (Wildman–Crippen MR) is 116 cm³/mol. The standard InChI is InChI=1S/C23H38N2O4/c1-3-4-5-6-7-8-9-10-11-12-13-18-22(26)24-25-23(27)19-29-21-17-15-14-16-20(21)28-2/h14-17H,3-13,18-19H2,1-2H3,(H,24,26)(H,25,27). The van der Waals surface area contributed by atoms with Crippen molar-refractivity contribution in [2.75, 3.05) is 13.7 Å². The van der Waals surface area contributed by atoms with Crippen LogP contribution in [0.5, 0.6) is 11.5 Å². The van der Waals surface area contributed by atoms with Gasteiger partial charge in [0.15, 0.2) is 18.1 Å². The van der Waals surface area contributed by atoms with Crippen LogP contribution in [-0.4, -0.2) is 25.5 Å². The Labute approximate surface area is 175 Å². The van der Waals surface area contributed by atoms with Crippen LogP contribution in [-0.2, 0) is 9.59 Å². The predicted octanol–water partition coefficient (Wildman–Crippen LogP) is 4.92. The lowest BCUT2D eigenvalue weighted by atomic mass is 10.1. The molecule has 1 rings (SSSR count). The van der Waals surface area contributed by atoms with Gasteiger partial charge in [0.1, 0.15) is 0 Å². The van der Waals surface area contributed by atoms with E-state index >= 15 is 0 Å². The highest BCUT2D eigenvalue weighted by Crippen LogP contribution is 2.25. The molecule has 6 heteroatoms. The molecule has 0 heterocycles. The molecule has 2 amide bonds. The Morgan fingerprint density at radius 3 is 1.86 bits per heavy atom. The average molecular weight is 407 g/mol. The monoisotopic (exact) mass is 406 g/mol. The van der Waals surface area contributed by atoms with Crippen LogP contribution in [0.2, 0.25) is 0 Å². The van der Waals surface area contributed by atoms with Crippen molar-refractivity contribution in [3.8, 4) is 11.5 Å². The zero-order chi connectivity index (χ0) is 21.2. The highest BCUT2D eigenvalue weighted by molar-refractivity contribution is 5.82. The van der Waals surface area contributed by atoms with Crippen LogP contribution in [0, 0.1) is 0 Å². The maximum absolute atomic E-state index is 11.8. The Morgan fingerprint density at radius 2 is 1.28 bits per heavy atom. The highest BCUT2D eigenvalue weighted by atomic mass is 16.5. The average Bonchev–Trinajstić information content (AvgIpc) is 2.74. The Balaban J connectivity index is 1.97. The molecule has 2 N–H and O–H groups in total. The Bertz CT molecular complexity index is 578. The first-order valence-corrected chi connectivity index (χ1v) is 11.0. The van der Waals surface area contributed by atoms with E-state index in [1.54, 1.807) is 18.2 Å². The number of nitrogens with one attached hydrogen (secondary N) is 2. The van der Waals surface area contributed by atoms with Gasteiger partial charge >= 0.3 is 0 Å². The van der Waals surface area contributed by atoms with E-state index in [2.05, 4.69) is 17.8 Å². The summed E-state index contributed by atoms with van der Waals surface area (Å²) in [5, 5.41) is 0. The van der Waals surface area contributed by atoms with E-state index < -0.39 is 5.91 Å². The van der Waals surface area contributed by atoms with Gasteiger partial charge in [0.2, 0.25) is 5.91 Å². The quantitative estimate of drug-likeness (QED) is 0.302. The fraction of sp³-hybridized carbons (Fsp3) is 0.652. The third-order valence-corrected chi connectivity index (χ3v) is 4.78. The number of benzene rings is 1. The molecule has 0 radical (unpaired) electrons. The Morgan fingerprint density at radius 1 is 0.759 bits per heavy atom. The molecule has 164 valence electrons. The van der Waals surface area contributed by atoms with Gasteiger partial charge in [0.05, 0.1) is 7.11 Å². The molecular formula is C23H38N2O4. The fourth-order valence-electron chi connectivity index (χ4n) is 3.07. The van der Waals surface area contributed by atoms with Crippen LogP contribution in [0.1, 0.15) is 84.0 Å². The summed E-state index contributed by atoms with van der Waals surface area (Å²) in [6.45, 7) is 2.05. The SMILES string of the molecule is CCCCCCCCCCCCCC(=O)NNC(=O)COc1ccccc1OC. The summed E-state index contributed by atoms with van der Waals surface area (Å²) in [5.41, 5.74) is 4.81. The summed E-state index contributed by atoms with van der Waals surface area (Å²) in [4.78, 5) is 23.6. The number of hydrazine groups is 1. The first-order chi connectivity index (χ1) is 14.2. The normalized spacial score (nSPS) is 10.4. The van der Waals surface area contributed by atoms with Crippen LogP contribution in [0.25, 0.3) is 0 Å². The van der Waals surface area contributed by atoms with Gasteiger partial charge < -0.3 is 9.47 Å². The van der Waals surface area contributed by atoms with E-state index in [0.717, 1.165) is 12.8 Å². The second-order valence-electron chi connectivity index (χ2n) is 7.32. The van der Waals surface area contributed by atoms with Crippen molar-refractivity contribution in [3.05, 3.63) is 24.3 Å². The molecule has 29 heavy (non-hydrogen) atoms. The molecule has 0 fully saturated rings. The van der Waals surface area contributed by atoms with E-state index in [1.807, 2.05) is 6.07 Å². The number of hydrogen-bond donors (Lipinski definition) is 2. The fourth-order valence-corrected chi connectivity index (χ4v) is 3.07. The van der Waals surface area contributed by atoms with Crippen molar-refractivity contribution in [3.63, 3.8) is 0 Å². The number of carbonyl (C=O) groups is 2. The molecule has 0 unspecified atom stereocenters. The largest absolute Gasteiger partial charge is 0.493 e. The maximum atomic E-state index is 11.8. The number of rotatable bonds is 16. The van der Waals surface area contributed by atoms with Gasteiger partial charge in [0, 0.05) is 6.42 Å². The first-order valence-electron chi connectivity index (χ1n) is 11.0. The second kappa shape index (κ2) is 16.7. The van der Waals surface area contributed by atoms with Crippen LogP contribution in [0.4, 0.5) is 0 Å². The van der Waals surface area contributed by atoms with Crippen LogP contribution in [0.15, 0.2) is 24.3 Å². The third-order valence-electron chi connectivity index (χ3n) is 4.78. The number of hydrogen-bond acceptors (Lipinski definition) is 4. The molecule has 0 bridgehead atoms. The number of unbranched alkanes of at least 4 members (excludes halogenated alkanes) is 10. The number of ether oxygens (including phenoxy) is 2. The number of para-hydroxylation sites is 2. The van der Waals surface area contributed by atoms with Crippen molar-refractivity contribution in [1.29, 1.82) is 0 Å². The minimum absolute atomic E-state index is 0.174. The minimum atomic E-state index is -0.414. The van der Waals surface area contributed by atoms with Crippen LogP contribution < -0.4 is 20.3 Å². The Hall–Kier alpha value is -2.24. The molecule has 0 atom stereocenters. The van der Waals surface area contributed by atoms with Crippen molar-refractivity contribution < 1.29 is 19.1 Å². The van der Waals surface area contributed by atoms with E-state index in [1.165, 1.54) is 64.9 Å². The number of carbonyl (C=O) groups excluding carboxylic acids is 2. The van der Waals surface area contributed by atoms with Gasteiger partial charge in [-0.05, 0) is 18.6 Å². The van der Waals surface area contributed by atoms with Crippen molar-refractivity contribution in [2.24, 2.45) is 0 Å². The van der Waals surface area contributed by atoms with Gasteiger partial charge in [-0.3, -0.25) is 20.4 Å². The zero-order valence-corrected chi connectivity index (χ0v) is 18.1. The summed E-state index contributed by atoms with van der Waals surface area (Å²) >= 11 is 0. The zero-order valence-electron chi connectivity index (χ0n) is 18.1. The summed E-state index contributed by atoms with van der Waals surface area (Å²) in [6, 6.07) is 7.09. The van der Waals surface area contributed by atoms with E-state index in [9.17, 15) is 9.59 Å². The summed E-state index contributed by atoms with van der Waals surface area (Å²) in [6.07, 6.45) is 14.1. The van der Waals surface area contributed by atoms with Gasteiger partial charge in [0.25, 0.3) is 5.91 Å². The molecular weight excluding hydrogens is 368 g/mol. The molecule has 0 saturated heterocycles. The smallest absolute Gasteiger partial charge is 0.276 e. The molecule has 0 aliphatic carbocycles. The van der Waals surface area contributed by atoms with E-state index in [0.29, 0.717) is 17.9 Å². The van der Waals surface area contributed by atoms with E-state index in [-0.39, 0.29) is 12.5 Å². The van der Waals surface area contributed by atoms with Crippen LogP contribution >= 0.6 is 0 Å². The first kappa shape index (κ1) is 24.8. The molecule has 0 aliphatic rings. The van der Waals surface area contributed by atoms with Gasteiger partial charge in [-0.1, -0.05) is 83.3 Å². The lowest BCUT2D eigenvalue weighted by Crippen LogP contribution is -2.43. The molecule has 0 saturated carbocycles. The van der Waals surface area contributed by atoms with Gasteiger partial charge in [-0.15, -0.1) is 0 Å². The van der Waals surface area contributed by atoms with Crippen LogP contribution in [0.3, 0.4) is 0 Å². The summed E-state index contributed by atoms with van der Waals surface area (Å²) in [7, 11) is 1.54. The molecule has 0 aliphatic heterocycles. The second-order valence-corrected chi connectivity index (χ2v) is 7.32. The third kappa shape index (κ3) is 12.8. The molecule has 1 aromatic carbocycles. The Kier molecular flexibility index (Phi) is 14.3. The summed E-state index contributed by atoms with van der Waals surface area (Å²) in [5.74, 6) is 0.452. The van der Waals surface area contributed by atoms with Crippen molar-refractivity contribution in [1.82, 2.24) is 10.9 Å². The number of methoxy groups -OCH3 is 1. The van der Waals surface area contributed by atoms with E-state index in [4.69, 9.17) is 9.47 Å². The lowest BCUT2D eigenvalue weighted by Gasteiger charge is -2.11. The van der Waals surface area contributed by atoms with Gasteiger partial charge in [-0.25, -0.2) is 0 Å². The number of amides is 2. The highest BCUT2D eigenvalue weighted by Gasteiger charge is 2.08. The molecule has 6 nitrogen and oxygen atoms in total. The molecule has 1 aromatic rings. The van der Waals surface area contributed by atoms with Crippen molar-refractivity contribution >= 4 is 11.8 Å². The lowest BCUT2D eigenvalue weighted by molar-refractivity contribution is -0.130.